The van der Waals surface area contributed by atoms with E-state index in [4.69, 9.17) is 47.5 Å². The molecule has 0 bridgehead atoms. The van der Waals surface area contributed by atoms with E-state index in [-0.39, 0.29) is 19.8 Å². The highest BCUT2D eigenvalue weighted by atomic mass is 31.2. The van der Waals surface area contributed by atoms with Gasteiger partial charge in [0.05, 0.1) is 57.7 Å². The largest absolute Gasteiger partial charge is 0.497 e. The number of hydrogen-bond acceptors (Lipinski definition) is 17. The van der Waals surface area contributed by atoms with E-state index in [1.54, 1.807) is 73.2 Å². The number of carbonyl (C=O) groups is 1. The molecule has 3 heterocycles. The first kappa shape index (κ1) is 68.0. The summed E-state index contributed by atoms with van der Waals surface area (Å²) in [6, 6.07) is 33.1. The monoisotopic (exact) mass is 1230 g/mol. The van der Waals surface area contributed by atoms with Gasteiger partial charge in [0.1, 0.15) is 39.2 Å². The number of aromatic nitrogens is 3. The number of nitrogens with one attached hydrogen (secondary N) is 3. The summed E-state index contributed by atoms with van der Waals surface area (Å²) in [5.41, 5.74) is 6.50. The van der Waals surface area contributed by atoms with Gasteiger partial charge in [-0.3, -0.25) is 18.6 Å². The van der Waals surface area contributed by atoms with Crippen molar-refractivity contribution in [3.63, 3.8) is 0 Å². The molecule has 1 amide bonds. The molecule has 3 atom stereocenters. The summed E-state index contributed by atoms with van der Waals surface area (Å²) >= 11 is 0. The van der Waals surface area contributed by atoms with E-state index in [0.717, 1.165) is 28.2 Å². The maximum absolute atomic E-state index is 14.1. The molecule has 18 nitrogen and oxygen atoms in total. The molecular weight excluding hydrogens is 1150 g/mol. The highest BCUT2D eigenvalue weighted by Gasteiger charge is 2.25. The van der Waals surface area contributed by atoms with Gasteiger partial charge in [0.25, 0.3) is 0 Å². The smallest absolute Gasteiger partial charge is 0.407 e. The van der Waals surface area contributed by atoms with E-state index in [9.17, 15) is 18.5 Å². The predicted molar refractivity (Wildman–Crippen MR) is 340 cm³/mol. The number of nitrogens with zero attached hydrogens (tertiary/aromatic N) is 4. The van der Waals surface area contributed by atoms with E-state index in [1.165, 1.54) is 0 Å². The summed E-state index contributed by atoms with van der Waals surface area (Å²) in [7, 11) is -6.69. The minimum Gasteiger partial charge on any atom is -0.497 e. The van der Waals surface area contributed by atoms with Crippen molar-refractivity contribution in [2.24, 2.45) is 0 Å². The molecule has 3 aromatic carbocycles. The first-order valence-electron chi connectivity index (χ1n) is 28.5. The molecule has 0 radical (unpaired) electrons. The molecule has 3 aromatic heterocycles. The average Bonchev–Trinajstić information content (AvgIpc) is 1.76. The highest BCUT2D eigenvalue weighted by molar-refractivity contribution is 7.66. The van der Waals surface area contributed by atoms with Crippen LogP contribution in [0.4, 0.5) is 4.79 Å². The lowest BCUT2D eigenvalue weighted by molar-refractivity contribution is 0.0525. The fourth-order valence-electron chi connectivity index (χ4n) is 8.35. The van der Waals surface area contributed by atoms with Crippen LogP contribution in [0.1, 0.15) is 98.4 Å². The number of amides is 1. The number of rotatable bonds is 28. The lowest BCUT2D eigenvalue weighted by Crippen LogP contribution is -2.37. The lowest BCUT2D eigenvalue weighted by atomic mass is 10.1. The molecule has 0 aliphatic carbocycles. The van der Waals surface area contributed by atoms with E-state index < -0.39 is 33.8 Å². The van der Waals surface area contributed by atoms with Crippen LogP contribution >= 0.6 is 22.1 Å². The third-order valence-corrected chi connectivity index (χ3v) is 18.0. The Morgan fingerprint density at radius 1 is 0.512 bits per heavy atom. The first-order valence-corrected chi connectivity index (χ1v) is 34.7. The second kappa shape index (κ2) is 33.1. The summed E-state index contributed by atoms with van der Waals surface area (Å²) in [5, 5.41) is 9.81. The number of hydrogen-bond donors (Lipinski definition) is 3. The van der Waals surface area contributed by atoms with E-state index in [0.29, 0.717) is 121 Å². The number of ether oxygens (including phenoxy) is 4. The molecule has 0 spiro atoms. The third kappa shape index (κ3) is 23.0. The van der Waals surface area contributed by atoms with Gasteiger partial charge in [0, 0.05) is 106 Å². The second-order valence-corrected chi connectivity index (χ2v) is 28.1. The first-order chi connectivity index (χ1) is 41.1. The fourth-order valence-corrected chi connectivity index (χ4v) is 12.3. The zero-order valence-electron chi connectivity index (χ0n) is 51.2. The Morgan fingerprint density at radius 3 is 1.24 bits per heavy atom. The molecule has 21 heteroatoms. The zero-order chi connectivity index (χ0) is 62.2. The second-order valence-electron chi connectivity index (χ2n) is 20.9. The average molecular weight is 1230 g/mol. The van der Waals surface area contributed by atoms with Crippen LogP contribution < -0.4 is 46.5 Å². The van der Waals surface area contributed by atoms with E-state index in [2.05, 4.69) is 56.4 Å². The fraction of sp³-hybridized carbons (Fsp3) is 0.385. The molecular formula is C65H80N7O11P3. The molecule has 0 aliphatic heterocycles. The molecule has 6 rings (SSSR count). The Balaban J connectivity index is 1.24. The van der Waals surface area contributed by atoms with Crippen molar-refractivity contribution in [2.75, 3.05) is 93.4 Å². The van der Waals surface area contributed by atoms with Gasteiger partial charge >= 0.3 is 6.09 Å². The van der Waals surface area contributed by atoms with Crippen molar-refractivity contribution >= 4 is 44.5 Å². The number of alkyl carbamates (subject to hydrolysis) is 1. The topological polar surface area (TPSA) is 211 Å². The maximum atomic E-state index is 14.1. The van der Waals surface area contributed by atoms with Crippen LogP contribution in [0.15, 0.2) is 109 Å². The molecule has 86 heavy (non-hydrogen) atoms. The van der Waals surface area contributed by atoms with Gasteiger partial charge in [0.2, 0.25) is 22.1 Å². The van der Waals surface area contributed by atoms with Crippen LogP contribution in [-0.4, -0.2) is 125 Å². The molecule has 3 unspecified atom stereocenters. The van der Waals surface area contributed by atoms with E-state index >= 15 is 0 Å². The SMILES string of the molecule is CCOP(C)(=O)c1cc(C#Cc2ccc(OC)cc2)cc(CNCCN(CCNCc2cc(C#Cc3ccc(OC)cc3)cc(P(C)(=O)OCC)n2)Cc2cc(C#Cc3ccc(OCCCNC(=O)OC(C)(C)C)cc3)cc(P(C)(=O)OCC)n2)n1. The van der Waals surface area contributed by atoms with Crippen molar-refractivity contribution in [3.05, 3.63) is 160 Å². The molecule has 0 aliphatic rings. The van der Waals surface area contributed by atoms with Gasteiger partial charge in [-0.15, -0.1) is 0 Å². The van der Waals surface area contributed by atoms with Gasteiger partial charge in [-0.2, -0.15) is 0 Å². The van der Waals surface area contributed by atoms with Crippen LogP contribution in [0.2, 0.25) is 0 Å². The zero-order valence-corrected chi connectivity index (χ0v) is 53.9. The number of carbonyl (C=O) groups excluding carboxylic acids is 1. The van der Waals surface area contributed by atoms with Crippen molar-refractivity contribution < 1.29 is 51.0 Å². The van der Waals surface area contributed by atoms with Gasteiger partial charge in [-0.25, -0.2) is 19.7 Å². The van der Waals surface area contributed by atoms with Gasteiger partial charge < -0.3 is 48.5 Å². The molecule has 6 aromatic rings. The molecule has 0 saturated carbocycles. The van der Waals surface area contributed by atoms with Crippen molar-refractivity contribution in [2.45, 2.75) is 73.2 Å². The lowest BCUT2D eigenvalue weighted by Gasteiger charge is -2.23. The van der Waals surface area contributed by atoms with Gasteiger partial charge in [-0.1, -0.05) is 35.5 Å². The molecule has 0 fully saturated rings. The number of pyridine rings is 3. The summed E-state index contributed by atoms with van der Waals surface area (Å²) in [6.45, 7) is 20.1. The van der Waals surface area contributed by atoms with Crippen molar-refractivity contribution in [3.8, 4) is 52.8 Å². The molecule has 456 valence electrons. The Morgan fingerprint density at radius 2 is 0.872 bits per heavy atom. The standard InChI is InChI=1S/C65H80N7O11P3/c1-12-80-84(9,74)61-43-52(19-16-49-22-28-58(77-7)29-23-49)40-55(69-61)46-66-35-37-72(38-36-67-47-56-41-53(44-62(70-56)85(10,75)81-13-2)20-17-50-24-30-59(78-8)31-25-50)48-57-42-54(45-63(71-57)86(11,76)82-14-3)21-18-51-26-32-60(33-27-51)79-39-15-34-68-64(73)83-65(4,5)6/h22-33,40-45,66-67H,12-15,34-39,46-48H2,1-11H3,(H,68,73). The summed E-state index contributed by atoms with van der Waals surface area (Å²) in [4.78, 5) is 28.7. The minimum absolute atomic E-state index is 0.227. The summed E-state index contributed by atoms with van der Waals surface area (Å²) in [5.74, 6) is 21.5. The Labute approximate surface area is 508 Å². The van der Waals surface area contributed by atoms with Crippen molar-refractivity contribution in [1.29, 1.82) is 0 Å². The summed E-state index contributed by atoms with van der Waals surface area (Å²) < 4.78 is 80.7. The van der Waals surface area contributed by atoms with Crippen molar-refractivity contribution in [1.82, 2.24) is 35.8 Å². The van der Waals surface area contributed by atoms with Gasteiger partial charge in [-0.05, 0) is 157 Å². The van der Waals surface area contributed by atoms with Crippen LogP contribution in [-0.2, 0) is 51.6 Å². The van der Waals surface area contributed by atoms with Crippen LogP contribution in [0.3, 0.4) is 0 Å². The van der Waals surface area contributed by atoms with Crippen LogP contribution in [0, 0.1) is 35.5 Å². The maximum Gasteiger partial charge on any atom is 0.407 e. The Kier molecular flexibility index (Phi) is 26.2. The molecule has 0 saturated heterocycles. The highest BCUT2D eigenvalue weighted by Crippen LogP contribution is 2.42. The Hall–Kier alpha value is -7.09. The number of benzene rings is 3. The quantitative estimate of drug-likeness (QED) is 0.0237. The van der Waals surface area contributed by atoms with Crippen LogP contribution in [0.5, 0.6) is 17.2 Å². The van der Waals surface area contributed by atoms with E-state index in [1.807, 2.05) is 112 Å². The normalized spacial score (nSPS) is 13.3. The van der Waals surface area contributed by atoms with Crippen LogP contribution in [0.25, 0.3) is 0 Å². The van der Waals surface area contributed by atoms with Gasteiger partial charge in [0.15, 0.2) is 0 Å². The Bertz CT molecular complexity index is 3420. The minimum atomic E-state index is -3.37. The predicted octanol–water partition coefficient (Wildman–Crippen LogP) is 9.47. The summed E-state index contributed by atoms with van der Waals surface area (Å²) in [6.07, 6.45) is 0.119. The molecule has 3 N–H and O–H groups in total. The third-order valence-electron chi connectivity index (χ3n) is 12.5. The number of methoxy groups -OCH3 is 2.